The second-order valence-corrected chi connectivity index (χ2v) is 6.79. The van der Waals surface area contributed by atoms with Gasteiger partial charge in [-0.2, -0.15) is 0 Å². The van der Waals surface area contributed by atoms with Crippen LogP contribution in [0, 0.1) is 6.92 Å². The molecule has 1 aromatic carbocycles. The highest BCUT2D eigenvalue weighted by atomic mass is 32.2. The third-order valence-electron chi connectivity index (χ3n) is 3.04. The van der Waals surface area contributed by atoms with Crippen molar-refractivity contribution >= 4 is 21.6 Å². The molecule has 2 aromatic rings. The highest BCUT2D eigenvalue weighted by Gasteiger charge is 2.18. The van der Waals surface area contributed by atoms with Crippen LogP contribution in [0.25, 0.3) is 0 Å². The van der Waals surface area contributed by atoms with Gasteiger partial charge in [0.2, 0.25) is 15.9 Å². The maximum atomic E-state index is 12.2. The van der Waals surface area contributed by atoms with Gasteiger partial charge in [-0.3, -0.25) is 4.79 Å². The number of benzene rings is 1. The third kappa shape index (κ3) is 4.65. The van der Waals surface area contributed by atoms with Crippen molar-refractivity contribution in [2.75, 3.05) is 11.9 Å². The van der Waals surface area contributed by atoms with Gasteiger partial charge in [-0.25, -0.2) is 13.1 Å². The van der Waals surface area contributed by atoms with Crippen LogP contribution in [0.5, 0.6) is 0 Å². The summed E-state index contributed by atoms with van der Waals surface area (Å²) in [7, 11) is -3.77. The SMILES string of the molecule is CC(=O)Nc1ccc(S(=O)(=O)NCC(O)c2ccc(C)o2)cc1. The lowest BCUT2D eigenvalue weighted by Crippen LogP contribution is -2.28. The standard InChI is InChI=1S/C15H18N2O5S/c1-10-3-8-15(22-10)14(19)9-16-23(20,21)13-6-4-12(5-7-13)17-11(2)18/h3-8,14,16,19H,9H2,1-2H3,(H,17,18). The van der Waals surface area contributed by atoms with E-state index >= 15 is 0 Å². The van der Waals surface area contributed by atoms with Crippen LogP contribution in [0.15, 0.2) is 45.7 Å². The van der Waals surface area contributed by atoms with Gasteiger partial charge >= 0.3 is 0 Å². The largest absolute Gasteiger partial charge is 0.464 e. The van der Waals surface area contributed by atoms with E-state index in [1.54, 1.807) is 19.1 Å². The van der Waals surface area contributed by atoms with Crippen molar-refractivity contribution < 1.29 is 22.7 Å². The molecular formula is C15H18N2O5S. The number of rotatable bonds is 6. The smallest absolute Gasteiger partial charge is 0.240 e. The molecule has 0 radical (unpaired) electrons. The Bertz CT molecular complexity index is 780. The first-order valence-corrected chi connectivity index (χ1v) is 8.38. The highest BCUT2D eigenvalue weighted by Crippen LogP contribution is 2.17. The zero-order valence-corrected chi connectivity index (χ0v) is 13.6. The zero-order valence-electron chi connectivity index (χ0n) is 12.7. The van der Waals surface area contributed by atoms with Crippen molar-refractivity contribution in [2.45, 2.75) is 24.8 Å². The predicted octanol–water partition coefficient (Wildman–Crippen LogP) is 1.56. The molecule has 1 unspecified atom stereocenters. The molecule has 0 aliphatic heterocycles. The van der Waals surface area contributed by atoms with Crippen LogP contribution in [0.3, 0.4) is 0 Å². The first-order chi connectivity index (χ1) is 10.8. The van der Waals surface area contributed by atoms with Crippen LogP contribution in [0.1, 0.15) is 24.5 Å². The molecule has 1 amide bonds. The van der Waals surface area contributed by atoms with E-state index in [2.05, 4.69) is 10.0 Å². The minimum atomic E-state index is -3.77. The van der Waals surface area contributed by atoms with Crippen molar-refractivity contribution in [1.82, 2.24) is 4.72 Å². The van der Waals surface area contributed by atoms with Crippen LogP contribution in [0.4, 0.5) is 5.69 Å². The van der Waals surface area contributed by atoms with Gasteiger partial charge in [0.15, 0.2) is 0 Å². The number of sulfonamides is 1. The normalized spacial score (nSPS) is 12.8. The summed E-state index contributed by atoms with van der Waals surface area (Å²) in [6.45, 7) is 2.89. The molecular weight excluding hydrogens is 320 g/mol. The number of aliphatic hydroxyl groups is 1. The quantitative estimate of drug-likeness (QED) is 0.740. The summed E-state index contributed by atoms with van der Waals surface area (Å²) in [5, 5.41) is 12.5. The average molecular weight is 338 g/mol. The second-order valence-electron chi connectivity index (χ2n) is 5.02. The molecule has 0 aliphatic rings. The maximum absolute atomic E-state index is 12.2. The molecule has 0 fully saturated rings. The van der Waals surface area contributed by atoms with E-state index in [1.165, 1.54) is 31.2 Å². The monoisotopic (exact) mass is 338 g/mol. The van der Waals surface area contributed by atoms with E-state index in [1.807, 2.05) is 0 Å². The number of anilines is 1. The summed E-state index contributed by atoms with van der Waals surface area (Å²) in [6.07, 6.45) is -1.07. The minimum absolute atomic E-state index is 0.0365. The van der Waals surface area contributed by atoms with Gasteiger partial charge in [-0.15, -0.1) is 0 Å². The summed E-state index contributed by atoms with van der Waals surface area (Å²) in [5.41, 5.74) is 0.502. The Morgan fingerprint density at radius 1 is 1.22 bits per heavy atom. The molecule has 8 heteroatoms. The van der Waals surface area contributed by atoms with E-state index in [9.17, 15) is 18.3 Å². The lowest BCUT2D eigenvalue weighted by Gasteiger charge is -2.11. The van der Waals surface area contributed by atoms with E-state index in [0.29, 0.717) is 17.2 Å². The van der Waals surface area contributed by atoms with Crippen LogP contribution in [0.2, 0.25) is 0 Å². The summed E-state index contributed by atoms with van der Waals surface area (Å²) >= 11 is 0. The first-order valence-electron chi connectivity index (χ1n) is 6.89. The van der Waals surface area contributed by atoms with E-state index < -0.39 is 16.1 Å². The Balaban J connectivity index is 2.02. The number of carbonyl (C=O) groups is 1. The summed E-state index contributed by atoms with van der Waals surface area (Å²) < 4.78 is 31.9. The molecule has 7 nitrogen and oxygen atoms in total. The molecule has 0 saturated heterocycles. The Labute approximate surface area is 134 Å². The molecule has 0 saturated carbocycles. The van der Waals surface area contributed by atoms with Gasteiger partial charge < -0.3 is 14.8 Å². The summed E-state index contributed by atoms with van der Waals surface area (Å²) in [5.74, 6) is 0.692. The van der Waals surface area contributed by atoms with Crippen LogP contribution >= 0.6 is 0 Å². The topological polar surface area (TPSA) is 109 Å². The second kappa shape index (κ2) is 6.95. The number of hydrogen-bond donors (Lipinski definition) is 3. The van der Waals surface area contributed by atoms with E-state index in [4.69, 9.17) is 4.42 Å². The van der Waals surface area contributed by atoms with E-state index in [-0.39, 0.29) is 17.3 Å². The number of carbonyl (C=O) groups excluding carboxylic acids is 1. The predicted molar refractivity (Wildman–Crippen MR) is 84.3 cm³/mol. The summed E-state index contributed by atoms with van der Waals surface area (Å²) in [4.78, 5) is 11.0. The number of amides is 1. The van der Waals surface area contributed by atoms with Crippen molar-refractivity contribution in [2.24, 2.45) is 0 Å². The van der Waals surface area contributed by atoms with Gasteiger partial charge in [0.25, 0.3) is 0 Å². The molecule has 0 bridgehead atoms. The highest BCUT2D eigenvalue weighted by molar-refractivity contribution is 7.89. The fourth-order valence-electron chi connectivity index (χ4n) is 1.93. The average Bonchev–Trinajstić information content (AvgIpc) is 2.91. The molecule has 1 heterocycles. The molecule has 3 N–H and O–H groups in total. The third-order valence-corrected chi connectivity index (χ3v) is 4.48. The Morgan fingerprint density at radius 2 is 1.87 bits per heavy atom. The number of furan rings is 1. The van der Waals surface area contributed by atoms with Gasteiger partial charge in [-0.05, 0) is 43.3 Å². The Morgan fingerprint density at radius 3 is 2.39 bits per heavy atom. The van der Waals surface area contributed by atoms with Gasteiger partial charge in [0, 0.05) is 19.2 Å². The lowest BCUT2D eigenvalue weighted by atomic mass is 10.3. The fraction of sp³-hybridized carbons (Fsp3) is 0.267. The molecule has 1 atom stereocenters. The minimum Gasteiger partial charge on any atom is -0.464 e. The van der Waals surface area contributed by atoms with Crippen molar-refractivity contribution in [3.8, 4) is 0 Å². The molecule has 0 spiro atoms. The van der Waals surface area contributed by atoms with Crippen LogP contribution in [-0.4, -0.2) is 26.0 Å². The Hall–Kier alpha value is -2.16. The molecule has 124 valence electrons. The number of nitrogens with one attached hydrogen (secondary N) is 2. The number of hydrogen-bond acceptors (Lipinski definition) is 5. The van der Waals surface area contributed by atoms with Crippen molar-refractivity contribution in [3.05, 3.63) is 47.9 Å². The number of aliphatic hydroxyl groups excluding tert-OH is 1. The van der Waals surface area contributed by atoms with E-state index in [0.717, 1.165) is 0 Å². The number of aryl methyl sites for hydroxylation is 1. The van der Waals surface area contributed by atoms with Crippen LogP contribution in [-0.2, 0) is 14.8 Å². The lowest BCUT2D eigenvalue weighted by molar-refractivity contribution is -0.114. The van der Waals surface area contributed by atoms with Gasteiger partial charge in [0.1, 0.15) is 17.6 Å². The van der Waals surface area contributed by atoms with Crippen LogP contribution < -0.4 is 10.0 Å². The van der Waals surface area contributed by atoms with Gasteiger partial charge in [0.05, 0.1) is 4.90 Å². The van der Waals surface area contributed by atoms with Crippen molar-refractivity contribution in [3.63, 3.8) is 0 Å². The Kier molecular flexibility index (Phi) is 5.19. The molecule has 2 rings (SSSR count). The first kappa shape index (κ1) is 17.2. The zero-order chi connectivity index (χ0) is 17.0. The molecule has 23 heavy (non-hydrogen) atoms. The van der Waals surface area contributed by atoms with Gasteiger partial charge in [-0.1, -0.05) is 0 Å². The maximum Gasteiger partial charge on any atom is 0.240 e. The molecule has 1 aromatic heterocycles. The molecule has 0 aliphatic carbocycles. The summed E-state index contributed by atoms with van der Waals surface area (Å²) in [6, 6.07) is 9.00. The van der Waals surface area contributed by atoms with Crippen molar-refractivity contribution in [1.29, 1.82) is 0 Å². The fourth-order valence-corrected chi connectivity index (χ4v) is 2.96.